The number of hydrogen-bond donors (Lipinski definition) is 2. The monoisotopic (exact) mass is 373 g/mol. The zero-order chi connectivity index (χ0) is 19.2. The number of aromatic nitrogens is 2. The molecule has 27 heavy (non-hydrogen) atoms. The van der Waals surface area contributed by atoms with Crippen molar-refractivity contribution >= 4 is 11.6 Å². The molecule has 0 spiro atoms. The number of anilines is 2. The van der Waals surface area contributed by atoms with E-state index in [4.69, 9.17) is 0 Å². The van der Waals surface area contributed by atoms with E-state index in [1.165, 1.54) is 12.1 Å². The number of benzene rings is 1. The van der Waals surface area contributed by atoms with Gasteiger partial charge in [-0.1, -0.05) is 12.1 Å². The van der Waals surface area contributed by atoms with Gasteiger partial charge in [0.2, 0.25) is 0 Å². The first-order valence-electron chi connectivity index (χ1n) is 9.48. The normalized spacial score (nSPS) is 18.1. The summed E-state index contributed by atoms with van der Waals surface area (Å²) in [6, 6.07) is 9.14. The number of piperazine rings is 1. The summed E-state index contributed by atoms with van der Waals surface area (Å²) in [5.41, 5.74) is 1.08. The van der Waals surface area contributed by atoms with Crippen LogP contribution in [0.5, 0.6) is 0 Å². The summed E-state index contributed by atoms with van der Waals surface area (Å²) in [4.78, 5) is 13.3. The Bertz CT molecular complexity index is 725. The van der Waals surface area contributed by atoms with Crippen LogP contribution in [-0.4, -0.2) is 58.3 Å². The quantitative estimate of drug-likeness (QED) is 0.778. The Labute approximate surface area is 160 Å². The first kappa shape index (κ1) is 19.5. The second kappa shape index (κ2) is 9.10. The van der Waals surface area contributed by atoms with Crippen LogP contribution in [-0.2, 0) is 6.54 Å². The van der Waals surface area contributed by atoms with Gasteiger partial charge in [0.25, 0.3) is 0 Å². The number of rotatable bonds is 7. The number of nitrogens with zero attached hydrogens (tertiary/aromatic N) is 4. The minimum atomic E-state index is -0.218. The van der Waals surface area contributed by atoms with E-state index >= 15 is 0 Å². The highest BCUT2D eigenvalue weighted by molar-refractivity contribution is 5.49. The molecule has 0 saturated carbocycles. The maximum absolute atomic E-state index is 13.1. The smallest absolute Gasteiger partial charge is 0.134 e. The van der Waals surface area contributed by atoms with Crippen LogP contribution in [0.15, 0.2) is 36.7 Å². The lowest BCUT2D eigenvalue weighted by atomic mass is 10.1. The summed E-state index contributed by atoms with van der Waals surface area (Å²) in [7, 11) is 0. The lowest BCUT2D eigenvalue weighted by Crippen LogP contribution is -2.53. The first-order valence-corrected chi connectivity index (χ1v) is 9.48. The largest absolute Gasteiger partial charge is 0.396 e. The maximum atomic E-state index is 13.1. The second-order valence-corrected chi connectivity index (χ2v) is 7.27. The molecule has 0 bridgehead atoms. The van der Waals surface area contributed by atoms with Gasteiger partial charge in [-0.05, 0) is 38.0 Å². The summed E-state index contributed by atoms with van der Waals surface area (Å²) >= 11 is 0. The van der Waals surface area contributed by atoms with E-state index in [2.05, 4.69) is 38.9 Å². The third kappa shape index (κ3) is 5.37. The second-order valence-electron chi connectivity index (χ2n) is 7.27. The summed E-state index contributed by atoms with van der Waals surface area (Å²) in [5, 5.41) is 12.8. The van der Waals surface area contributed by atoms with Crippen LogP contribution in [0.1, 0.15) is 25.8 Å². The number of aliphatic hydroxyl groups is 1. The van der Waals surface area contributed by atoms with Gasteiger partial charge in [-0.3, -0.25) is 4.90 Å². The lowest BCUT2D eigenvalue weighted by Gasteiger charge is -2.42. The third-order valence-corrected chi connectivity index (χ3v) is 4.78. The van der Waals surface area contributed by atoms with Gasteiger partial charge in [-0.25, -0.2) is 14.4 Å². The highest BCUT2D eigenvalue weighted by Crippen LogP contribution is 2.22. The van der Waals surface area contributed by atoms with E-state index in [9.17, 15) is 9.50 Å². The van der Waals surface area contributed by atoms with Gasteiger partial charge in [0.05, 0.1) is 0 Å². The molecule has 2 heterocycles. The zero-order valence-electron chi connectivity index (χ0n) is 16.0. The predicted molar refractivity (Wildman–Crippen MR) is 105 cm³/mol. The van der Waals surface area contributed by atoms with Crippen LogP contribution in [0.4, 0.5) is 16.0 Å². The number of halogens is 1. The van der Waals surface area contributed by atoms with Crippen molar-refractivity contribution in [2.75, 3.05) is 36.5 Å². The van der Waals surface area contributed by atoms with E-state index in [0.717, 1.165) is 43.4 Å². The number of aliphatic hydroxyl groups excluding tert-OH is 1. The van der Waals surface area contributed by atoms with Gasteiger partial charge >= 0.3 is 0 Å². The van der Waals surface area contributed by atoms with Gasteiger partial charge in [0.1, 0.15) is 23.8 Å². The van der Waals surface area contributed by atoms with Crippen molar-refractivity contribution in [2.45, 2.75) is 38.9 Å². The molecular formula is C20H28FN5O. The van der Waals surface area contributed by atoms with E-state index in [0.29, 0.717) is 12.5 Å². The van der Waals surface area contributed by atoms with Gasteiger partial charge in [0, 0.05) is 50.9 Å². The highest BCUT2D eigenvalue weighted by Gasteiger charge is 2.27. The van der Waals surface area contributed by atoms with Crippen molar-refractivity contribution < 1.29 is 9.50 Å². The summed E-state index contributed by atoms with van der Waals surface area (Å²) in [6.45, 7) is 7.55. The fourth-order valence-corrected chi connectivity index (χ4v) is 3.45. The minimum absolute atomic E-state index is 0.141. The van der Waals surface area contributed by atoms with Gasteiger partial charge in [0.15, 0.2) is 0 Å². The number of nitrogens with one attached hydrogen (secondary N) is 1. The van der Waals surface area contributed by atoms with Crippen LogP contribution in [0, 0.1) is 5.82 Å². The van der Waals surface area contributed by atoms with Crippen molar-refractivity contribution in [1.29, 1.82) is 0 Å². The van der Waals surface area contributed by atoms with Crippen LogP contribution in [0.25, 0.3) is 0 Å². The molecular weight excluding hydrogens is 345 g/mol. The Balaban J connectivity index is 1.69. The Kier molecular flexibility index (Phi) is 6.58. The molecule has 2 N–H and O–H groups in total. The average molecular weight is 373 g/mol. The standard InChI is InChI=1S/C20H28FN5O/c1-15(2)24-19-11-20(23-14-22-19)26-9-8-25(18(13-26)7-10-27)12-16-3-5-17(21)6-4-16/h3-6,11,14-15,18,27H,7-10,12-13H2,1-2H3,(H,22,23,24)/t18-/m1/s1. The minimum Gasteiger partial charge on any atom is -0.396 e. The molecule has 0 aliphatic carbocycles. The Hall–Kier alpha value is -2.25. The van der Waals surface area contributed by atoms with E-state index in [1.807, 2.05) is 18.2 Å². The van der Waals surface area contributed by atoms with E-state index in [1.54, 1.807) is 6.33 Å². The molecule has 2 aromatic rings. The SMILES string of the molecule is CC(C)Nc1cc(N2CCN(Cc3ccc(F)cc3)[C@H](CCO)C2)ncn1. The number of hydrogen-bond acceptors (Lipinski definition) is 6. The van der Waals surface area contributed by atoms with Crippen molar-refractivity contribution in [2.24, 2.45) is 0 Å². The molecule has 1 atom stereocenters. The predicted octanol–water partition coefficient (Wildman–Crippen LogP) is 2.51. The molecule has 3 rings (SSSR count). The molecule has 1 aromatic heterocycles. The van der Waals surface area contributed by atoms with Crippen LogP contribution in [0.3, 0.4) is 0 Å². The molecule has 146 valence electrons. The molecule has 0 amide bonds. The molecule has 1 aliphatic rings. The molecule has 1 fully saturated rings. The topological polar surface area (TPSA) is 64.5 Å². The summed E-state index contributed by atoms with van der Waals surface area (Å²) < 4.78 is 13.1. The molecule has 1 aliphatic heterocycles. The maximum Gasteiger partial charge on any atom is 0.134 e. The Morgan fingerprint density at radius 2 is 2.00 bits per heavy atom. The van der Waals surface area contributed by atoms with Gasteiger partial charge in [-0.15, -0.1) is 0 Å². The van der Waals surface area contributed by atoms with Crippen LogP contribution in [0.2, 0.25) is 0 Å². The molecule has 6 nitrogen and oxygen atoms in total. The highest BCUT2D eigenvalue weighted by atomic mass is 19.1. The van der Waals surface area contributed by atoms with Crippen molar-refractivity contribution in [3.05, 3.63) is 48.0 Å². The molecule has 7 heteroatoms. The molecule has 1 aromatic carbocycles. The lowest BCUT2D eigenvalue weighted by molar-refractivity contribution is 0.135. The van der Waals surface area contributed by atoms with Crippen LogP contribution >= 0.6 is 0 Å². The molecule has 1 saturated heterocycles. The summed E-state index contributed by atoms with van der Waals surface area (Å²) in [5.74, 6) is 1.50. The van der Waals surface area contributed by atoms with E-state index in [-0.39, 0.29) is 18.5 Å². The fraction of sp³-hybridized carbons (Fsp3) is 0.500. The Morgan fingerprint density at radius 1 is 1.22 bits per heavy atom. The summed E-state index contributed by atoms with van der Waals surface area (Å²) in [6.07, 6.45) is 2.28. The van der Waals surface area contributed by atoms with Gasteiger partial charge in [-0.2, -0.15) is 0 Å². The van der Waals surface area contributed by atoms with Crippen LogP contribution < -0.4 is 10.2 Å². The fourth-order valence-electron chi connectivity index (χ4n) is 3.45. The van der Waals surface area contributed by atoms with Gasteiger partial charge < -0.3 is 15.3 Å². The average Bonchev–Trinajstić information content (AvgIpc) is 2.65. The first-order chi connectivity index (χ1) is 13.0. The van der Waals surface area contributed by atoms with Crippen molar-refractivity contribution in [3.63, 3.8) is 0 Å². The van der Waals surface area contributed by atoms with Crippen molar-refractivity contribution in [1.82, 2.24) is 14.9 Å². The molecule has 0 unspecified atom stereocenters. The van der Waals surface area contributed by atoms with Crippen molar-refractivity contribution in [3.8, 4) is 0 Å². The third-order valence-electron chi connectivity index (χ3n) is 4.78. The van der Waals surface area contributed by atoms with E-state index < -0.39 is 0 Å². The zero-order valence-corrected chi connectivity index (χ0v) is 16.0. The Morgan fingerprint density at radius 3 is 2.70 bits per heavy atom. The molecule has 0 radical (unpaired) electrons.